The summed E-state index contributed by atoms with van der Waals surface area (Å²) in [5.74, 6) is 1.83. The molecule has 3 rings (SSSR count). The van der Waals surface area contributed by atoms with Gasteiger partial charge in [0.1, 0.15) is 5.82 Å². The third-order valence-electron chi connectivity index (χ3n) is 3.47. The van der Waals surface area contributed by atoms with Crippen molar-refractivity contribution in [1.29, 1.82) is 0 Å². The highest BCUT2D eigenvalue weighted by Crippen LogP contribution is 2.27. The molecule has 0 radical (unpaired) electrons. The standard InChI is InChI=1S/C11H16N4/c1-2-9-7-15(8-10(9)13-3-1)11-6-12-4-5-14-11/h4-6,9-10,13H,1-3,7-8H2/t9-,10+/m0/s1. The van der Waals surface area contributed by atoms with Gasteiger partial charge in [0.15, 0.2) is 0 Å². The van der Waals surface area contributed by atoms with Gasteiger partial charge in [-0.2, -0.15) is 0 Å². The first-order valence-electron chi connectivity index (χ1n) is 5.68. The molecule has 0 saturated carbocycles. The fourth-order valence-corrected chi connectivity index (χ4v) is 2.69. The van der Waals surface area contributed by atoms with Crippen LogP contribution in [0.1, 0.15) is 12.8 Å². The number of aromatic nitrogens is 2. The van der Waals surface area contributed by atoms with Gasteiger partial charge in [-0.05, 0) is 25.3 Å². The predicted molar refractivity (Wildman–Crippen MR) is 58.8 cm³/mol. The summed E-state index contributed by atoms with van der Waals surface area (Å²) < 4.78 is 0. The summed E-state index contributed by atoms with van der Waals surface area (Å²) in [6.07, 6.45) is 8.02. The van der Waals surface area contributed by atoms with E-state index in [1.54, 1.807) is 12.4 Å². The van der Waals surface area contributed by atoms with Gasteiger partial charge in [0.2, 0.25) is 0 Å². The molecule has 1 aromatic heterocycles. The molecule has 2 aliphatic rings. The highest BCUT2D eigenvalue weighted by atomic mass is 15.2. The average Bonchev–Trinajstić information content (AvgIpc) is 2.74. The van der Waals surface area contributed by atoms with Gasteiger partial charge >= 0.3 is 0 Å². The van der Waals surface area contributed by atoms with Crippen molar-refractivity contribution in [2.45, 2.75) is 18.9 Å². The Labute approximate surface area is 89.7 Å². The maximum Gasteiger partial charge on any atom is 0.147 e. The Morgan fingerprint density at radius 1 is 1.33 bits per heavy atom. The minimum atomic E-state index is 0.667. The molecule has 1 aromatic rings. The Morgan fingerprint density at radius 3 is 3.13 bits per heavy atom. The van der Waals surface area contributed by atoms with Crippen LogP contribution in [0.5, 0.6) is 0 Å². The highest BCUT2D eigenvalue weighted by molar-refractivity contribution is 5.37. The molecule has 0 unspecified atom stereocenters. The van der Waals surface area contributed by atoms with Gasteiger partial charge in [-0.25, -0.2) is 4.98 Å². The van der Waals surface area contributed by atoms with Gasteiger partial charge in [0.05, 0.1) is 6.20 Å². The number of nitrogens with one attached hydrogen (secondary N) is 1. The van der Waals surface area contributed by atoms with E-state index in [1.807, 2.05) is 6.20 Å². The SMILES string of the molecule is c1cnc(N2C[C@@H]3CCCN[C@@H]3C2)cn1. The Bertz CT molecular complexity index is 313. The van der Waals surface area contributed by atoms with Gasteiger partial charge in [-0.1, -0.05) is 0 Å². The second-order valence-corrected chi connectivity index (χ2v) is 4.43. The van der Waals surface area contributed by atoms with Crippen LogP contribution in [0.25, 0.3) is 0 Å². The maximum atomic E-state index is 4.35. The second-order valence-electron chi connectivity index (χ2n) is 4.43. The molecule has 4 nitrogen and oxygen atoms in total. The number of anilines is 1. The minimum Gasteiger partial charge on any atom is -0.353 e. The number of piperidine rings is 1. The molecule has 0 spiro atoms. The lowest BCUT2D eigenvalue weighted by molar-refractivity contribution is 0.340. The van der Waals surface area contributed by atoms with Crippen LogP contribution in [0.2, 0.25) is 0 Å². The van der Waals surface area contributed by atoms with E-state index in [0.29, 0.717) is 6.04 Å². The molecule has 0 bridgehead atoms. The summed E-state index contributed by atoms with van der Waals surface area (Å²) >= 11 is 0. The van der Waals surface area contributed by atoms with Gasteiger partial charge < -0.3 is 10.2 Å². The second kappa shape index (κ2) is 3.77. The number of fused-ring (bicyclic) bond motifs is 1. The fraction of sp³-hybridized carbons (Fsp3) is 0.636. The van der Waals surface area contributed by atoms with E-state index in [1.165, 1.54) is 19.4 Å². The molecule has 15 heavy (non-hydrogen) atoms. The highest BCUT2D eigenvalue weighted by Gasteiger charge is 2.34. The summed E-state index contributed by atoms with van der Waals surface area (Å²) in [7, 11) is 0. The smallest absolute Gasteiger partial charge is 0.147 e. The normalized spacial score (nSPS) is 30.3. The zero-order chi connectivity index (χ0) is 10.1. The molecule has 0 aromatic carbocycles. The molecule has 3 heterocycles. The summed E-state index contributed by atoms with van der Waals surface area (Å²) in [5, 5.41) is 3.59. The van der Waals surface area contributed by atoms with Crippen LogP contribution in [0.15, 0.2) is 18.6 Å². The fourth-order valence-electron chi connectivity index (χ4n) is 2.69. The lowest BCUT2D eigenvalue weighted by atomic mass is 9.94. The number of nitrogens with zero attached hydrogens (tertiary/aromatic N) is 3. The molecule has 4 heteroatoms. The molecular formula is C11H16N4. The minimum absolute atomic E-state index is 0.667. The van der Waals surface area contributed by atoms with E-state index in [2.05, 4.69) is 20.2 Å². The van der Waals surface area contributed by atoms with Gasteiger partial charge in [-0.3, -0.25) is 4.98 Å². The lowest BCUT2D eigenvalue weighted by Gasteiger charge is -2.24. The van der Waals surface area contributed by atoms with Crippen LogP contribution in [0.3, 0.4) is 0 Å². The van der Waals surface area contributed by atoms with Crippen molar-refractivity contribution in [3.05, 3.63) is 18.6 Å². The number of hydrogen-bond donors (Lipinski definition) is 1. The van der Waals surface area contributed by atoms with Crippen LogP contribution in [0.4, 0.5) is 5.82 Å². The summed E-state index contributed by atoms with van der Waals surface area (Å²) in [5.41, 5.74) is 0. The van der Waals surface area contributed by atoms with Crippen molar-refractivity contribution in [3.63, 3.8) is 0 Å². The predicted octanol–water partition coefficient (Wildman–Crippen LogP) is 0.665. The van der Waals surface area contributed by atoms with Gasteiger partial charge in [0, 0.05) is 31.5 Å². The van der Waals surface area contributed by atoms with Crippen LogP contribution in [-0.4, -0.2) is 35.6 Å². The number of hydrogen-bond acceptors (Lipinski definition) is 4. The van der Waals surface area contributed by atoms with Crippen LogP contribution in [-0.2, 0) is 0 Å². The van der Waals surface area contributed by atoms with E-state index in [0.717, 1.165) is 24.8 Å². The van der Waals surface area contributed by atoms with E-state index >= 15 is 0 Å². The Morgan fingerprint density at radius 2 is 2.33 bits per heavy atom. The number of rotatable bonds is 1. The van der Waals surface area contributed by atoms with E-state index in [9.17, 15) is 0 Å². The monoisotopic (exact) mass is 204 g/mol. The molecule has 0 aliphatic carbocycles. The van der Waals surface area contributed by atoms with E-state index < -0.39 is 0 Å². The summed E-state index contributed by atoms with van der Waals surface area (Å²) in [6, 6.07) is 0.667. The molecule has 2 aliphatic heterocycles. The largest absolute Gasteiger partial charge is 0.353 e. The molecular weight excluding hydrogens is 188 g/mol. The first-order valence-corrected chi connectivity index (χ1v) is 5.68. The topological polar surface area (TPSA) is 41.1 Å². The first-order chi connectivity index (χ1) is 7.43. The van der Waals surface area contributed by atoms with Gasteiger partial charge in [0.25, 0.3) is 0 Å². The molecule has 0 amide bonds. The summed E-state index contributed by atoms with van der Waals surface area (Å²) in [4.78, 5) is 10.8. The van der Waals surface area contributed by atoms with Crippen molar-refractivity contribution in [2.24, 2.45) is 5.92 Å². The maximum absolute atomic E-state index is 4.35. The van der Waals surface area contributed by atoms with Crippen molar-refractivity contribution in [1.82, 2.24) is 15.3 Å². The molecule has 2 atom stereocenters. The third kappa shape index (κ3) is 1.69. The first kappa shape index (κ1) is 9.09. The van der Waals surface area contributed by atoms with E-state index in [4.69, 9.17) is 0 Å². The molecule has 1 N–H and O–H groups in total. The third-order valence-corrected chi connectivity index (χ3v) is 3.47. The molecule has 2 saturated heterocycles. The van der Waals surface area contributed by atoms with Gasteiger partial charge in [-0.15, -0.1) is 0 Å². The Hall–Kier alpha value is -1.16. The Balaban J connectivity index is 1.75. The zero-order valence-corrected chi connectivity index (χ0v) is 8.76. The lowest BCUT2D eigenvalue weighted by Crippen LogP contribution is -2.40. The zero-order valence-electron chi connectivity index (χ0n) is 8.76. The van der Waals surface area contributed by atoms with E-state index in [-0.39, 0.29) is 0 Å². The average molecular weight is 204 g/mol. The molecule has 2 fully saturated rings. The van der Waals surface area contributed by atoms with Crippen LogP contribution >= 0.6 is 0 Å². The quantitative estimate of drug-likeness (QED) is 0.730. The summed E-state index contributed by atoms with van der Waals surface area (Å²) in [6.45, 7) is 3.40. The van der Waals surface area contributed by atoms with Crippen molar-refractivity contribution in [2.75, 3.05) is 24.5 Å². The van der Waals surface area contributed by atoms with Crippen LogP contribution in [0, 0.1) is 5.92 Å². The van der Waals surface area contributed by atoms with Crippen molar-refractivity contribution >= 4 is 5.82 Å². The molecule has 80 valence electrons. The van der Waals surface area contributed by atoms with Crippen LogP contribution < -0.4 is 10.2 Å². The Kier molecular flexibility index (Phi) is 2.29. The van der Waals surface area contributed by atoms with Crippen molar-refractivity contribution < 1.29 is 0 Å². The van der Waals surface area contributed by atoms with Crippen molar-refractivity contribution in [3.8, 4) is 0 Å².